The molecule has 0 aliphatic heterocycles. The summed E-state index contributed by atoms with van der Waals surface area (Å²) in [6, 6.07) is 13.1. The van der Waals surface area contributed by atoms with Gasteiger partial charge in [-0.3, -0.25) is 0 Å². The highest BCUT2D eigenvalue weighted by atomic mass is 79.9. The third kappa shape index (κ3) is 2.49. The van der Waals surface area contributed by atoms with Crippen molar-refractivity contribution in [2.24, 2.45) is 5.73 Å². The zero-order valence-electron chi connectivity index (χ0n) is 10.8. The van der Waals surface area contributed by atoms with Crippen molar-refractivity contribution in [3.8, 4) is 0 Å². The highest BCUT2D eigenvalue weighted by Crippen LogP contribution is 2.23. The van der Waals surface area contributed by atoms with Crippen LogP contribution in [0, 0.1) is 5.82 Å². The van der Waals surface area contributed by atoms with Gasteiger partial charge in [-0.05, 0) is 46.8 Å². The Kier molecular flexibility index (Phi) is 3.59. The molecule has 2 aromatic carbocycles. The van der Waals surface area contributed by atoms with Crippen LogP contribution in [0.5, 0.6) is 0 Å². The smallest absolute Gasteiger partial charge is 0.124 e. The summed E-state index contributed by atoms with van der Waals surface area (Å²) < 4.78 is 16.1. The maximum absolute atomic E-state index is 13.1. The van der Waals surface area contributed by atoms with Crippen LogP contribution in [0.3, 0.4) is 0 Å². The number of benzene rings is 2. The monoisotopic (exact) mass is 332 g/mol. The minimum atomic E-state index is -0.231. The Bertz CT molecular complexity index is 764. The van der Waals surface area contributed by atoms with E-state index >= 15 is 0 Å². The van der Waals surface area contributed by atoms with E-state index in [1.165, 1.54) is 17.5 Å². The zero-order valence-corrected chi connectivity index (χ0v) is 12.4. The maximum atomic E-state index is 13.1. The third-order valence-electron chi connectivity index (χ3n) is 3.43. The van der Waals surface area contributed by atoms with E-state index in [1.807, 2.05) is 12.3 Å². The van der Waals surface area contributed by atoms with Crippen molar-refractivity contribution in [3.05, 3.63) is 70.1 Å². The van der Waals surface area contributed by atoms with Crippen LogP contribution < -0.4 is 5.73 Å². The molecule has 3 rings (SSSR count). The van der Waals surface area contributed by atoms with Gasteiger partial charge in [0.1, 0.15) is 5.82 Å². The first kappa shape index (κ1) is 13.3. The van der Waals surface area contributed by atoms with Gasteiger partial charge in [-0.2, -0.15) is 0 Å². The van der Waals surface area contributed by atoms with Crippen LogP contribution in [0.1, 0.15) is 11.1 Å². The second-order valence-corrected chi connectivity index (χ2v) is 5.63. The average Bonchev–Trinajstić information content (AvgIpc) is 2.84. The van der Waals surface area contributed by atoms with E-state index in [4.69, 9.17) is 5.73 Å². The molecule has 0 spiro atoms. The van der Waals surface area contributed by atoms with E-state index in [0.717, 1.165) is 21.1 Å². The first-order chi connectivity index (χ1) is 9.67. The van der Waals surface area contributed by atoms with Gasteiger partial charge in [0.2, 0.25) is 0 Å². The van der Waals surface area contributed by atoms with E-state index in [-0.39, 0.29) is 5.82 Å². The molecule has 20 heavy (non-hydrogen) atoms. The molecule has 0 saturated heterocycles. The topological polar surface area (TPSA) is 30.9 Å². The Morgan fingerprint density at radius 1 is 1.10 bits per heavy atom. The lowest BCUT2D eigenvalue weighted by Gasteiger charge is -2.08. The van der Waals surface area contributed by atoms with Crippen LogP contribution in [0.15, 0.2) is 53.1 Å². The number of nitrogens with two attached hydrogens (primary N) is 1. The van der Waals surface area contributed by atoms with E-state index in [2.05, 4.69) is 38.7 Å². The fourth-order valence-electron chi connectivity index (χ4n) is 2.35. The number of hydrogen-bond donors (Lipinski definition) is 1. The molecule has 102 valence electrons. The second kappa shape index (κ2) is 5.38. The molecule has 0 radical (unpaired) electrons. The summed E-state index contributed by atoms with van der Waals surface area (Å²) in [7, 11) is 0. The minimum Gasteiger partial charge on any atom is -0.343 e. The molecule has 0 atom stereocenters. The molecule has 1 heterocycles. The van der Waals surface area contributed by atoms with Crippen LogP contribution in [0.2, 0.25) is 0 Å². The Balaban J connectivity index is 1.98. The van der Waals surface area contributed by atoms with Crippen molar-refractivity contribution < 1.29 is 4.39 Å². The third-order valence-corrected chi connectivity index (χ3v) is 4.17. The largest absolute Gasteiger partial charge is 0.343 e. The first-order valence-electron chi connectivity index (χ1n) is 6.39. The lowest BCUT2D eigenvalue weighted by Crippen LogP contribution is -2.00. The van der Waals surface area contributed by atoms with Gasteiger partial charge in [0.25, 0.3) is 0 Å². The molecule has 0 aliphatic carbocycles. The van der Waals surface area contributed by atoms with E-state index < -0.39 is 0 Å². The molecule has 0 bridgehead atoms. The maximum Gasteiger partial charge on any atom is 0.124 e. The summed E-state index contributed by atoms with van der Waals surface area (Å²) >= 11 is 3.41. The van der Waals surface area contributed by atoms with Crippen LogP contribution in [-0.4, -0.2) is 4.57 Å². The summed E-state index contributed by atoms with van der Waals surface area (Å²) in [5.41, 5.74) is 8.98. The number of hydrogen-bond acceptors (Lipinski definition) is 1. The fourth-order valence-corrected chi connectivity index (χ4v) is 2.82. The number of fused-ring (bicyclic) bond motifs is 1. The van der Waals surface area contributed by atoms with Gasteiger partial charge in [0, 0.05) is 29.3 Å². The second-order valence-electron chi connectivity index (χ2n) is 4.78. The highest BCUT2D eigenvalue weighted by Gasteiger charge is 2.06. The molecule has 0 unspecified atom stereocenters. The van der Waals surface area contributed by atoms with Crippen molar-refractivity contribution in [3.63, 3.8) is 0 Å². The zero-order chi connectivity index (χ0) is 14.1. The Hall–Kier alpha value is -1.65. The summed E-state index contributed by atoms with van der Waals surface area (Å²) in [5, 5.41) is 1.17. The van der Waals surface area contributed by atoms with Crippen molar-refractivity contribution in [2.45, 2.75) is 13.1 Å². The Morgan fingerprint density at radius 3 is 2.70 bits per heavy atom. The molecule has 4 heteroatoms. The molecule has 3 aromatic rings. The van der Waals surface area contributed by atoms with Crippen molar-refractivity contribution >= 4 is 26.8 Å². The summed E-state index contributed by atoms with van der Waals surface area (Å²) in [4.78, 5) is 0. The molecule has 1 aromatic heterocycles. The summed E-state index contributed by atoms with van der Waals surface area (Å²) in [6.45, 7) is 1.25. The molecule has 0 fully saturated rings. The fraction of sp³-hybridized carbons (Fsp3) is 0.125. The molecule has 0 amide bonds. The predicted octanol–water partition coefficient (Wildman–Crippen LogP) is 4.05. The van der Waals surface area contributed by atoms with Crippen LogP contribution in [0.4, 0.5) is 4.39 Å². The van der Waals surface area contributed by atoms with Crippen LogP contribution in [0.25, 0.3) is 10.9 Å². The summed E-state index contributed by atoms with van der Waals surface area (Å²) in [5.74, 6) is -0.231. The standard InChI is InChI=1S/C16H14BrFN2/c17-15-8-14(18)3-2-13(15)10-20-6-5-12-7-11(9-19)1-4-16(12)20/h1-8H,9-10,19H2. The van der Waals surface area contributed by atoms with Crippen LogP contribution >= 0.6 is 15.9 Å². The molecule has 0 aliphatic rings. The van der Waals surface area contributed by atoms with Gasteiger partial charge in [0.15, 0.2) is 0 Å². The van der Waals surface area contributed by atoms with E-state index in [1.54, 1.807) is 6.07 Å². The molecular weight excluding hydrogens is 319 g/mol. The molecule has 2 nitrogen and oxygen atoms in total. The van der Waals surface area contributed by atoms with Crippen molar-refractivity contribution in [1.29, 1.82) is 0 Å². The predicted molar refractivity (Wildman–Crippen MR) is 83.0 cm³/mol. The minimum absolute atomic E-state index is 0.231. The SMILES string of the molecule is NCc1ccc2c(ccn2Cc2ccc(F)cc2Br)c1. The quantitative estimate of drug-likeness (QED) is 0.770. The van der Waals surface area contributed by atoms with Gasteiger partial charge in [-0.15, -0.1) is 0 Å². The van der Waals surface area contributed by atoms with Gasteiger partial charge in [0.05, 0.1) is 0 Å². The van der Waals surface area contributed by atoms with E-state index in [9.17, 15) is 4.39 Å². The number of aromatic nitrogens is 1. The summed E-state index contributed by atoms with van der Waals surface area (Å²) in [6.07, 6.45) is 2.04. The van der Waals surface area contributed by atoms with Gasteiger partial charge in [-0.1, -0.05) is 28.1 Å². The van der Waals surface area contributed by atoms with Gasteiger partial charge in [-0.25, -0.2) is 4.39 Å². The van der Waals surface area contributed by atoms with Crippen LogP contribution in [-0.2, 0) is 13.1 Å². The molecule has 0 saturated carbocycles. The average molecular weight is 333 g/mol. The lowest BCUT2D eigenvalue weighted by molar-refractivity contribution is 0.625. The Labute approximate surface area is 125 Å². The van der Waals surface area contributed by atoms with Gasteiger partial charge < -0.3 is 10.3 Å². The number of rotatable bonds is 3. The van der Waals surface area contributed by atoms with Crippen molar-refractivity contribution in [1.82, 2.24) is 4.57 Å². The molecule has 2 N–H and O–H groups in total. The van der Waals surface area contributed by atoms with Crippen molar-refractivity contribution in [2.75, 3.05) is 0 Å². The van der Waals surface area contributed by atoms with E-state index in [0.29, 0.717) is 13.1 Å². The number of halogens is 2. The molecular formula is C16H14BrFN2. The number of nitrogens with zero attached hydrogens (tertiary/aromatic N) is 1. The normalized spacial score (nSPS) is 11.2. The first-order valence-corrected chi connectivity index (χ1v) is 7.18. The highest BCUT2D eigenvalue weighted by molar-refractivity contribution is 9.10. The lowest BCUT2D eigenvalue weighted by atomic mass is 10.1. The Morgan fingerprint density at radius 2 is 1.95 bits per heavy atom. The van der Waals surface area contributed by atoms with Gasteiger partial charge >= 0.3 is 0 Å².